The molecule has 0 aliphatic heterocycles. The standard InChI is InChI=1S/C13H18O4/c1-2-17-13(16)12-9-4-3-8(7-9)10(12)5-6-11(14)15/h5-6,8-10,12H,2-4,7H2,1H3,(H,14,15). The number of carbonyl (C=O) groups is 2. The van der Waals surface area contributed by atoms with Gasteiger partial charge in [-0.3, -0.25) is 4.79 Å². The molecule has 2 aliphatic rings. The number of carboxylic acids is 1. The molecule has 4 atom stereocenters. The van der Waals surface area contributed by atoms with Crippen LogP contribution in [0.3, 0.4) is 0 Å². The molecule has 17 heavy (non-hydrogen) atoms. The summed E-state index contributed by atoms with van der Waals surface area (Å²) in [6, 6.07) is 0. The second-order valence-corrected chi connectivity index (χ2v) is 4.89. The fourth-order valence-electron chi connectivity index (χ4n) is 3.39. The van der Waals surface area contributed by atoms with Crippen molar-refractivity contribution in [1.29, 1.82) is 0 Å². The van der Waals surface area contributed by atoms with Gasteiger partial charge in [-0.15, -0.1) is 0 Å². The number of carboxylic acid groups (broad SMARTS) is 1. The molecule has 0 heterocycles. The molecule has 4 nitrogen and oxygen atoms in total. The first-order valence-corrected chi connectivity index (χ1v) is 6.21. The molecule has 4 unspecified atom stereocenters. The smallest absolute Gasteiger partial charge is 0.327 e. The van der Waals surface area contributed by atoms with Gasteiger partial charge in [0.15, 0.2) is 0 Å². The van der Waals surface area contributed by atoms with E-state index >= 15 is 0 Å². The third-order valence-electron chi connectivity index (χ3n) is 4.00. The van der Waals surface area contributed by atoms with Gasteiger partial charge in [0.25, 0.3) is 0 Å². The van der Waals surface area contributed by atoms with Gasteiger partial charge in [0.05, 0.1) is 12.5 Å². The highest BCUT2D eigenvalue weighted by Gasteiger charge is 2.50. The highest BCUT2D eigenvalue weighted by Crippen LogP contribution is 2.53. The molecule has 0 amide bonds. The molecule has 2 fully saturated rings. The molecule has 0 saturated heterocycles. The van der Waals surface area contributed by atoms with Gasteiger partial charge in [0.1, 0.15) is 0 Å². The van der Waals surface area contributed by atoms with Gasteiger partial charge in [-0.05, 0) is 43.9 Å². The summed E-state index contributed by atoms with van der Waals surface area (Å²) in [7, 11) is 0. The number of allylic oxidation sites excluding steroid dienone is 1. The Hall–Kier alpha value is -1.32. The van der Waals surface area contributed by atoms with Crippen molar-refractivity contribution in [3.63, 3.8) is 0 Å². The summed E-state index contributed by atoms with van der Waals surface area (Å²) >= 11 is 0. The second-order valence-electron chi connectivity index (χ2n) is 4.89. The largest absolute Gasteiger partial charge is 0.478 e. The van der Waals surface area contributed by atoms with E-state index in [1.807, 2.05) is 0 Å². The minimum atomic E-state index is -0.949. The highest BCUT2D eigenvalue weighted by atomic mass is 16.5. The van der Waals surface area contributed by atoms with Gasteiger partial charge in [-0.1, -0.05) is 6.08 Å². The predicted octanol–water partition coefficient (Wildman–Crippen LogP) is 1.85. The lowest BCUT2D eigenvalue weighted by atomic mass is 9.79. The molecule has 2 bridgehead atoms. The van der Waals surface area contributed by atoms with E-state index in [0.29, 0.717) is 18.4 Å². The zero-order chi connectivity index (χ0) is 12.4. The van der Waals surface area contributed by atoms with E-state index in [1.165, 1.54) is 0 Å². The number of ether oxygens (including phenoxy) is 1. The fraction of sp³-hybridized carbons (Fsp3) is 0.692. The van der Waals surface area contributed by atoms with Gasteiger partial charge in [0.2, 0.25) is 0 Å². The Bertz CT molecular complexity index is 347. The SMILES string of the molecule is CCOC(=O)C1C2CCC(C2)C1C=CC(=O)O. The van der Waals surface area contributed by atoms with Gasteiger partial charge in [0, 0.05) is 6.08 Å². The first-order chi connectivity index (χ1) is 8.13. The Morgan fingerprint density at radius 1 is 1.35 bits per heavy atom. The summed E-state index contributed by atoms with van der Waals surface area (Å²) in [5.41, 5.74) is 0. The quantitative estimate of drug-likeness (QED) is 0.599. The first kappa shape index (κ1) is 12.1. The van der Waals surface area contributed by atoms with Crippen LogP contribution < -0.4 is 0 Å². The fourth-order valence-corrected chi connectivity index (χ4v) is 3.39. The van der Waals surface area contributed by atoms with E-state index < -0.39 is 5.97 Å². The molecule has 0 aromatic heterocycles. The van der Waals surface area contributed by atoms with E-state index in [-0.39, 0.29) is 17.8 Å². The van der Waals surface area contributed by atoms with Crippen molar-refractivity contribution < 1.29 is 19.4 Å². The Morgan fingerprint density at radius 2 is 2.06 bits per heavy atom. The zero-order valence-corrected chi connectivity index (χ0v) is 9.96. The number of carbonyl (C=O) groups excluding carboxylic acids is 1. The molecule has 1 N–H and O–H groups in total. The Balaban J connectivity index is 2.11. The third-order valence-corrected chi connectivity index (χ3v) is 4.00. The molecule has 94 valence electrons. The van der Waals surface area contributed by atoms with Crippen molar-refractivity contribution in [3.05, 3.63) is 12.2 Å². The van der Waals surface area contributed by atoms with Crippen LogP contribution in [0.4, 0.5) is 0 Å². The minimum absolute atomic E-state index is 0.0592. The maximum absolute atomic E-state index is 11.9. The summed E-state index contributed by atoms with van der Waals surface area (Å²) in [5.74, 6) is -0.309. The van der Waals surface area contributed by atoms with Crippen molar-refractivity contribution in [2.45, 2.75) is 26.2 Å². The first-order valence-electron chi connectivity index (χ1n) is 6.21. The molecule has 0 spiro atoms. The molecule has 0 radical (unpaired) electrons. The van der Waals surface area contributed by atoms with E-state index in [4.69, 9.17) is 9.84 Å². The van der Waals surface area contributed by atoms with Crippen LogP contribution in [-0.4, -0.2) is 23.7 Å². The topological polar surface area (TPSA) is 63.6 Å². The molecule has 2 rings (SSSR count). The van der Waals surface area contributed by atoms with Crippen LogP contribution in [0.25, 0.3) is 0 Å². The maximum atomic E-state index is 11.9. The van der Waals surface area contributed by atoms with E-state index in [0.717, 1.165) is 25.3 Å². The third kappa shape index (κ3) is 2.35. The van der Waals surface area contributed by atoms with Crippen LogP contribution in [0.2, 0.25) is 0 Å². The number of fused-ring (bicyclic) bond motifs is 2. The van der Waals surface area contributed by atoms with E-state index in [9.17, 15) is 9.59 Å². The Morgan fingerprint density at radius 3 is 2.71 bits per heavy atom. The minimum Gasteiger partial charge on any atom is -0.478 e. The number of hydrogen-bond acceptors (Lipinski definition) is 3. The lowest BCUT2D eigenvalue weighted by molar-refractivity contribution is -0.151. The molecule has 0 aromatic rings. The van der Waals surface area contributed by atoms with Crippen LogP contribution in [0.5, 0.6) is 0 Å². The number of rotatable bonds is 4. The maximum Gasteiger partial charge on any atom is 0.327 e. The number of hydrogen-bond donors (Lipinski definition) is 1. The summed E-state index contributed by atoms with van der Waals surface area (Å²) < 4.78 is 5.10. The molecular weight excluding hydrogens is 220 g/mol. The van der Waals surface area contributed by atoms with Crippen molar-refractivity contribution in [2.75, 3.05) is 6.61 Å². The zero-order valence-electron chi connectivity index (χ0n) is 9.96. The van der Waals surface area contributed by atoms with Crippen LogP contribution in [0, 0.1) is 23.7 Å². The van der Waals surface area contributed by atoms with Gasteiger partial charge >= 0.3 is 11.9 Å². The lowest BCUT2D eigenvalue weighted by Crippen LogP contribution is -2.30. The highest BCUT2D eigenvalue weighted by molar-refractivity contribution is 5.80. The second kappa shape index (κ2) is 4.90. The average Bonchev–Trinajstić information content (AvgIpc) is 2.86. The molecule has 2 aliphatic carbocycles. The van der Waals surface area contributed by atoms with Crippen LogP contribution >= 0.6 is 0 Å². The summed E-state index contributed by atoms with van der Waals surface area (Å²) in [6.07, 6.45) is 6.07. The van der Waals surface area contributed by atoms with E-state index in [1.54, 1.807) is 13.0 Å². The number of aliphatic carboxylic acids is 1. The monoisotopic (exact) mass is 238 g/mol. The van der Waals surface area contributed by atoms with Gasteiger partial charge in [-0.25, -0.2) is 4.79 Å². The van der Waals surface area contributed by atoms with E-state index in [2.05, 4.69) is 0 Å². The normalized spacial score (nSPS) is 35.4. The van der Waals surface area contributed by atoms with Crippen LogP contribution in [0.15, 0.2) is 12.2 Å². The molecular formula is C13H18O4. The summed E-state index contributed by atoms with van der Waals surface area (Å²) in [6.45, 7) is 2.19. The molecule has 2 saturated carbocycles. The van der Waals surface area contributed by atoms with Crippen molar-refractivity contribution >= 4 is 11.9 Å². The van der Waals surface area contributed by atoms with Crippen molar-refractivity contribution in [3.8, 4) is 0 Å². The Labute approximate surface area is 101 Å². The van der Waals surface area contributed by atoms with Crippen LogP contribution in [0.1, 0.15) is 26.2 Å². The van der Waals surface area contributed by atoms with Gasteiger partial charge in [-0.2, -0.15) is 0 Å². The molecule has 4 heteroatoms. The van der Waals surface area contributed by atoms with Crippen molar-refractivity contribution in [2.24, 2.45) is 23.7 Å². The predicted molar refractivity (Wildman–Crippen MR) is 61.2 cm³/mol. The summed E-state index contributed by atoms with van der Waals surface area (Å²) in [4.78, 5) is 22.4. The van der Waals surface area contributed by atoms with Gasteiger partial charge < -0.3 is 9.84 Å². The Kier molecular flexibility index (Phi) is 3.50. The molecule has 0 aromatic carbocycles. The van der Waals surface area contributed by atoms with Crippen LogP contribution in [-0.2, 0) is 14.3 Å². The van der Waals surface area contributed by atoms with Crippen molar-refractivity contribution in [1.82, 2.24) is 0 Å². The number of esters is 1. The lowest BCUT2D eigenvalue weighted by Gasteiger charge is -2.26. The summed E-state index contributed by atoms with van der Waals surface area (Å²) in [5, 5.41) is 8.67. The average molecular weight is 238 g/mol.